The van der Waals surface area contributed by atoms with Gasteiger partial charge in [-0.25, -0.2) is 4.79 Å². The third-order valence-electron chi connectivity index (χ3n) is 9.83. The summed E-state index contributed by atoms with van der Waals surface area (Å²) in [5.74, 6) is 0.861. The first kappa shape index (κ1) is 31.3. The van der Waals surface area contributed by atoms with Crippen LogP contribution in [0.2, 0.25) is 0 Å². The third kappa shape index (κ3) is 7.27. The van der Waals surface area contributed by atoms with E-state index in [9.17, 15) is 28.7 Å². The fraction of sp³-hybridized carbons (Fsp3) is 0.485. The van der Waals surface area contributed by atoms with Crippen LogP contribution < -0.4 is 16.0 Å². The molecule has 0 spiro atoms. The molecule has 240 valence electrons. The van der Waals surface area contributed by atoms with Crippen LogP contribution in [0.4, 0.5) is 4.79 Å². The average Bonchev–Trinajstić information content (AvgIpc) is 3.38. The summed E-state index contributed by atoms with van der Waals surface area (Å²) in [4.78, 5) is 61.8. The van der Waals surface area contributed by atoms with Gasteiger partial charge in [-0.1, -0.05) is 48.5 Å². The lowest BCUT2D eigenvalue weighted by atomic mass is 9.55. The topological polar surface area (TPSA) is 170 Å². The molecule has 2 aromatic carbocycles. The number of alkyl carbamates (subject to hydrolysis) is 1. The van der Waals surface area contributed by atoms with Crippen molar-refractivity contribution in [2.45, 2.75) is 63.1 Å². The number of carbonyl (C=O) groups excluding carboxylic acids is 3. The molecule has 11 nitrogen and oxygen atoms in total. The van der Waals surface area contributed by atoms with E-state index in [1.54, 1.807) is 37.3 Å². The van der Waals surface area contributed by atoms with Crippen molar-refractivity contribution >= 4 is 36.4 Å². The zero-order chi connectivity index (χ0) is 31.8. The molecule has 1 heterocycles. The molecule has 4 saturated carbocycles. The summed E-state index contributed by atoms with van der Waals surface area (Å²) in [6.45, 7) is 1.58. The Bertz CT molecular complexity index is 1580. The smallest absolute Gasteiger partial charge is 0.408 e. The van der Waals surface area contributed by atoms with Crippen LogP contribution in [0, 0.1) is 23.7 Å². The van der Waals surface area contributed by atoms with Gasteiger partial charge in [0.2, 0.25) is 11.8 Å². The van der Waals surface area contributed by atoms with Crippen molar-refractivity contribution in [3.63, 3.8) is 0 Å². The van der Waals surface area contributed by atoms with E-state index in [2.05, 4.69) is 20.9 Å². The number of para-hydroxylation sites is 1. The molecule has 4 aliphatic carbocycles. The number of benzene rings is 2. The van der Waals surface area contributed by atoms with E-state index in [1.165, 1.54) is 6.42 Å². The summed E-state index contributed by atoms with van der Waals surface area (Å²) in [7, 11) is -4.59. The molecule has 4 aliphatic rings. The lowest BCUT2D eigenvalue weighted by Crippen LogP contribution is -2.60. The Balaban J connectivity index is 1.20. The van der Waals surface area contributed by atoms with Crippen LogP contribution >= 0.6 is 7.60 Å². The number of rotatable bonds is 11. The average molecular weight is 637 g/mol. The molecule has 4 bridgehead atoms. The Morgan fingerprint density at radius 3 is 2.29 bits per heavy atom. The number of aromatic amines is 1. The van der Waals surface area contributed by atoms with Crippen LogP contribution in [0.15, 0.2) is 60.8 Å². The van der Waals surface area contributed by atoms with Gasteiger partial charge in [-0.15, -0.1) is 0 Å². The van der Waals surface area contributed by atoms with Gasteiger partial charge in [0, 0.05) is 30.1 Å². The van der Waals surface area contributed by atoms with Gasteiger partial charge in [0.05, 0.1) is 6.04 Å². The Hall–Kier alpha value is -3.66. The van der Waals surface area contributed by atoms with Gasteiger partial charge in [-0.3, -0.25) is 14.2 Å². The van der Waals surface area contributed by atoms with Gasteiger partial charge in [-0.05, 0) is 79.9 Å². The van der Waals surface area contributed by atoms with E-state index in [4.69, 9.17) is 4.74 Å². The fourth-order valence-electron chi connectivity index (χ4n) is 8.04. The Morgan fingerprint density at radius 2 is 1.62 bits per heavy atom. The zero-order valence-corrected chi connectivity index (χ0v) is 26.2. The molecule has 3 aromatic rings. The minimum atomic E-state index is -4.59. The molecule has 0 radical (unpaired) electrons. The maximum absolute atomic E-state index is 14.0. The summed E-state index contributed by atoms with van der Waals surface area (Å²) in [5, 5.41) is 9.35. The number of nitrogens with one attached hydrogen (secondary N) is 4. The van der Waals surface area contributed by atoms with Gasteiger partial charge >= 0.3 is 13.7 Å². The van der Waals surface area contributed by atoms with Gasteiger partial charge in [-0.2, -0.15) is 0 Å². The number of hydrogen-bond acceptors (Lipinski definition) is 5. The van der Waals surface area contributed by atoms with Crippen molar-refractivity contribution in [1.29, 1.82) is 0 Å². The summed E-state index contributed by atoms with van der Waals surface area (Å²) in [5.41, 5.74) is 0.964. The van der Waals surface area contributed by atoms with E-state index in [1.807, 2.05) is 30.5 Å². The molecular formula is C33H41N4O7P. The van der Waals surface area contributed by atoms with Crippen LogP contribution in [0.25, 0.3) is 10.9 Å². The van der Waals surface area contributed by atoms with Crippen molar-refractivity contribution in [2.75, 3.05) is 12.7 Å². The summed E-state index contributed by atoms with van der Waals surface area (Å²) in [6.07, 6.45) is 5.90. The third-order valence-corrected chi connectivity index (χ3v) is 10.5. The highest BCUT2D eigenvalue weighted by molar-refractivity contribution is 7.52. The first-order valence-electron chi connectivity index (χ1n) is 15.7. The van der Waals surface area contributed by atoms with Crippen LogP contribution in [0.1, 0.15) is 56.2 Å². The highest BCUT2D eigenvalue weighted by Crippen LogP contribution is 2.54. The van der Waals surface area contributed by atoms with Crippen LogP contribution in [0.3, 0.4) is 0 Å². The van der Waals surface area contributed by atoms with E-state index in [0.29, 0.717) is 17.4 Å². The number of fused-ring (bicyclic) bond motifs is 1. The number of H-pyrrole nitrogens is 1. The Kier molecular flexibility index (Phi) is 8.78. The number of carbonyl (C=O) groups is 3. The number of aromatic nitrogens is 1. The maximum atomic E-state index is 14.0. The molecule has 4 fully saturated rings. The maximum Gasteiger partial charge on any atom is 0.408 e. The van der Waals surface area contributed by atoms with Crippen molar-refractivity contribution in [3.8, 4) is 0 Å². The first-order chi connectivity index (χ1) is 21.5. The van der Waals surface area contributed by atoms with E-state index < -0.39 is 43.2 Å². The zero-order valence-electron chi connectivity index (χ0n) is 25.3. The Labute approximate surface area is 262 Å². The summed E-state index contributed by atoms with van der Waals surface area (Å²) >= 11 is 0. The summed E-state index contributed by atoms with van der Waals surface area (Å²) in [6, 6.07) is 15.8. The number of amides is 3. The molecule has 3 amide bonds. The molecule has 6 N–H and O–H groups in total. The molecule has 1 unspecified atom stereocenters. The van der Waals surface area contributed by atoms with Crippen LogP contribution in [-0.4, -0.2) is 57.0 Å². The normalized spacial score (nSPS) is 25.7. The molecule has 12 heteroatoms. The molecule has 2 atom stereocenters. The van der Waals surface area contributed by atoms with E-state index in [-0.39, 0.29) is 19.1 Å². The molecular weight excluding hydrogens is 595 g/mol. The molecule has 0 aliphatic heterocycles. The Morgan fingerprint density at radius 1 is 0.978 bits per heavy atom. The molecule has 45 heavy (non-hydrogen) atoms. The predicted octanol–water partition coefficient (Wildman–Crippen LogP) is 4.17. The number of ether oxygens (including phenoxy) is 1. The standard InChI is InChI=1S/C33H41N4O7P/c1-33(16-25-17-34-27-10-6-5-9-26(25)27,37-32(40)44-30-23-12-20-11-21(14-23)15-24(30)13-20)31(39)35-18-28(22-7-3-2-4-8-22)36-29(38)19-45(41,42)43/h2-10,17,20-21,23-24,28,30,34H,11-16,18-19H2,1H3,(H,35,39)(H,36,38)(H,37,40)(H2,41,42,43)/t20?,21?,23?,24?,28-,30?,33?/m1/s1. The summed E-state index contributed by atoms with van der Waals surface area (Å²) < 4.78 is 17.5. The largest absolute Gasteiger partial charge is 0.446 e. The van der Waals surface area contributed by atoms with Crippen molar-refractivity contribution in [2.24, 2.45) is 23.7 Å². The molecule has 0 saturated heterocycles. The molecule has 1 aromatic heterocycles. The monoisotopic (exact) mass is 636 g/mol. The second-order valence-corrected chi connectivity index (χ2v) is 15.0. The molecule has 7 rings (SSSR count). The quantitative estimate of drug-likeness (QED) is 0.172. The second-order valence-electron chi connectivity index (χ2n) is 13.4. The number of hydrogen-bond donors (Lipinski definition) is 6. The lowest BCUT2D eigenvalue weighted by molar-refractivity contribution is -0.128. The SMILES string of the molecule is CC(Cc1c[nH]c2ccccc12)(NC(=O)OC1C2CC3CC(C2)CC1C3)C(=O)NC[C@@H](NC(=O)CP(=O)(O)O)c1ccccc1. The van der Waals surface area contributed by atoms with Gasteiger partial charge in [0.15, 0.2) is 0 Å². The second kappa shape index (κ2) is 12.6. The van der Waals surface area contributed by atoms with Crippen molar-refractivity contribution in [3.05, 3.63) is 71.9 Å². The van der Waals surface area contributed by atoms with Gasteiger partial charge in [0.1, 0.15) is 17.8 Å². The predicted molar refractivity (Wildman–Crippen MR) is 168 cm³/mol. The highest BCUT2D eigenvalue weighted by Gasteiger charge is 2.50. The minimum Gasteiger partial charge on any atom is -0.446 e. The van der Waals surface area contributed by atoms with Crippen molar-refractivity contribution in [1.82, 2.24) is 20.9 Å². The van der Waals surface area contributed by atoms with Crippen LogP contribution in [0.5, 0.6) is 0 Å². The first-order valence-corrected chi connectivity index (χ1v) is 17.5. The lowest BCUT2D eigenvalue weighted by Gasteiger charge is -2.53. The van der Waals surface area contributed by atoms with Gasteiger partial charge in [0.25, 0.3) is 0 Å². The van der Waals surface area contributed by atoms with E-state index in [0.717, 1.165) is 54.0 Å². The fourth-order valence-corrected chi connectivity index (χ4v) is 8.51. The highest BCUT2D eigenvalue weighted by atomic mass is 31.2. The minimum absolute atomic E-state index is 0.0779. The van der Waals surface area contributed by atoms with Crippen LogP contribution in [-0.2, 0) is 25.3 Å². The van der Waals surface area contributed by atoms with E-state index >= 15 is 0 Å². The van der Waals surface area contributed by atoms with Gasteiger partial charge < -0.3 is 35.5 Å². The van der Waals surface area contributed by atoms with Crippen molar-refractivity contribution < 1.29 is 33.5 Å².